The lowest BCUT2D eigenvalue weighted by molar-refractivity contribution is 0.529. The third-order valence-corrected chi connectivity index (χ3v) is 9.98. The average molecular weight is 452 g/mol. The quantitative estimate of drug-likeness (QED) is 0.442. The van der Waals surface area contributed by atoms with Crippen LogP contribution in [0.15, 0.2) is 62.7 Å². The predicted molar refractivity (Wildman–Crippen MR) is 95.6 cm³/mol. The Balaban J connectivity index is 2.80. The summed E-state index contributed by atoms with van der Waals surface area (Å²) < 4.78 is 77.3. The van der Waals surface area contributed by atoms with Crippen LogP contribution in [0.4, 0.5) is 0 Å². The molecule has 0 aliphatic carbocycles. The van der Waals surface area contributed by atoms with Crippen molar-refractivity contribution in [1.29, 1.82) is 10.5 Å². The minimum Gasteiger partial charge on any atom is -0.210 e. The van der Waals surface area contributed by atoms with E-state index in [0.717, 1.165) is 48.5 Å². The van der Waals surface area contributed by atoms with Gasteiger partial charge in [0.25, 0.3) is 26.1 Å². The molecule has 0 heterocycles. The Hall–Kier alpha value is -3.39. The molecular weight excluding hydrogens is 444 g/mol. The molecule has 0 amide bonds. The summed E-state index contributed by atoms with van der Waals surface area (Å²) in [6, 6.07) is 10.8. The molecule has 0 bridgehead atoms. The molecule has 0 aliphatic rings. The maximum absolute atomic E-state index is 12.8. The molecule has 0 spiro atoms. The van der Waals surface area contributed by atoms with Gasteiger partial charge in [-0.05, 0) is 48.5 Å². The molecular formula is C15H8N4O7S3. The summed E-state index contributed by atoms with van der Waals surface area (Å²) in [4.78, 5) is 8.87. The van der Waals surface area contributed by atoms with Crippen molar-refractivity contribution < 1.29 is 30.0 Å². The molecule has 0 aliphatic heterocycles. The summed E-state index contributed by atoms with van der Waals surface area (Å²) >= 11 is 0. The van der Waals surface area contributed by atoms with Crippen LogP contribution < -0.4 is 0 Å². The van der Waals surface area contributed by atoms with Crippen LogP contribution in [0, 0.1) is 22.7 Å². The first-order valence-electron chi connectivity index (χ1n) is 7.16. The van der Waals surface area contributed by atoms with E-state index in [4.69, 9.17) is 10.5 Å². The van der Waals surface area contributed by atoms with Crippen molar-refractivity contribution in [2.75, 3.05) is 0 Å². The van der Waals surface area contributed by atoms with Gasteiger partial charge in [0.15, 0.2) is 0 Å². The second kappa shape index (κ2) is 7.92. The van der Waals surface area contributed by atoms with Crippen LogP contribution in [0.2, 0.25) is 0 Å². The van der Waals surface area contributed by atoms with E-state index in [9.17, 15) is 30.0 Å². The summed E-state index contributed by atoms with van der Waals surface area (Å²) in [7, 11) is -16.2. The van der Waals surface area contributed by atoms with E-state index >= 15 is 0 Å². The summed E-state index contributed by atoms with van der Waals surface area (Å²) in [6.45, 7) is 0. The molecule has 2 aromatic carbocycles. The first kappa shape index (κ1) is 21.9. The standard InChI is InChI=1S/C15H8N4O7S3/c16-9-12-1-5-14(6-2-12)27(21,22)19(29(25,26)18-11-20)28(23,24)15-7-3-13(10-17)4-8-15/h1-8H. The Labute approximate surface area is 166 Å². The Morgan fingerprint density at radius 3 is 1.31 bits per heavy atom. The van der Waals surface area contributed by atoms with E-state index in [1.54, 1.807) is 12.1 Å². The van der Waals surface area contributed by atoms with E-state index in [2.05, 4.69) is 4.40 Å². The lowest BCUT2D eigenvalue weighted by Crippen LogP contribution is -2.40. The summed E-state index contributed by atoms with van der Waals surface area (Å²) in [5, 5.41) is 17.6. The van der Waals surface area contributed by atoms with Gasteiger partial charge in [-0.3, -0.25) is 0 Å². The van der Waals surface area contributed by atoms with Crippen molar-refractivity contribution >= 4 is 36.3 Å². The second-order valence-corrected chi connectivity index (χ2v) is 10.8. The fourth-order valence-electron chi connectivity index (χ4n) is 2.03. The number of nitrogens with zero attached hydrogens (tertiary/aromatic N) is 4. The minimum atomic E-state index is -5.59. The zero-order chi connectivity index (χ0) is 21.9. The number of nitriles is 2. The fourth-order valence-corrected chi connectivity index (χ4v) is 7.75. The normalized spacial score (nSPS) is 11.8. The highest BCUT2D eigenvalue weighted by atomic mass is 32.3. The van der Waals surface area contributed by atoms with Gasteiger partial charge in [0.1, 0.15) is 0 Å². The van der Waals surface area contributed by atoms with Crippen LogP contribution in [0.5, 0.6) is 0 Å². The molecule has 0 saturated carbocycles. The molecule has 0 unspecified atom stereocenters. The van der Waals surface area contributed by atoms with Crippen molar-refractivity contribution in [3.63, 3.8) is 0 Å². The van der Waals surface area contributed by atoms with Gasteiger partial charge in [0.05, 0.1) is 33.1 Å². The molecule has 11 nitrogen and oxygen atoms in total. The SMILES string of the molecule is N#Cc1ccc(S(=O)(=O)N(S(=O)(=O)N=C=O)S(=O)(=O)c2ccc(C#N)cc2)cc1. The maximum atomic E-state index is 12.8. The number of carbonyl (C=O) groups excluding carboxylic acids is 1. The summed E-state index contributed by atoms with van der Waals surface area (Å²) in [5.41, 5.74) is 0.0541. The van der Waals surface area contributed by atoms with E-state index in [0.29, 0.717) is 6.08 Å². The lowest BCUT2D eigenvalue weighted by atomic mass is 10.2. The molecule has 0 aromatic heterocycles. The van der Waals surface area contributed by atoms with E-state index in [1.807, 2.05) is 0 Å². The van der Waals surface area contributed by atoms with E-state index in [-0.39, 0.29) is 11.1 Å². The molecule has 0 N–H and O–H groups in total. The number of hydrogen-bond donors (Lipinski definition) is 0. The van der Waals surface area contributed by atoms with Gasteiger partial charge in [0.2, 0.25) is 0 Å². The second-order valence-electron chi connectivity index (χ2n) is 5.08. The Kier molecular flexibility index (Phi) is 5.98. The third kappa shape index (κ3) is 4.22. The van der Waals surface area contributed by atoms with Gasteiger partial charge < -0.3 is 0 Å². The molecule has 148 valence electrons. The number of sulfonamides is 2. The first-order valence-corrected chi connectivity index (χ1v) is 11.4. The largest absolute Gasteiger partial charge is 0.360 e. The van der Waals surface area contributed by atoms with Gasteiger partial charge >= 0.3 is 10.2 Å². The highest BCUT2D eigenvalue weighted by Gasteiger charge is 2.46. The van der Waals surface area contributed by atoms with Crippen molar-refractivity contribution in [3.8, 4) is 12.1 Å². The maximum Gasteiger partial charge on any atom is 0.360 e. The first-order chi connectivity index (χ1) is 13.5. The molecule has 14 heteroatoms. The molecule has 0 fully saturated rings. The number of isocyanates is 1. The van der Waals surface area contributed by atoms with Crippen LogP contribution in [-0.2, 0) is 35.1 Å². The Morgan fingerprint density at radius 1 is 0.690 bits per heavy atom. The predicted octanol–water partition coefficient (Wildman–Crippen LogP) is 0.390. The summed E-state index contributed by atoms with van der Waals surface area (Å²) in [6.07, 6.45) is 0.602. The molecule has 0 atom stereocenters. The molecule has 0 radical (unpaired) electrons. The smallest absolute Gasteiger partial charge is 0.210 e. The van der Waals surface area contributed by atoms with Crippen LogP contribution in [0.3, 0.4) is 0 Å². The third-order valence-electron chi connectivity index (χ3n) is 3.30. The van der Waals surface area contributed by atoms with E-state index in [1.165, 1.54) is 0 Å². The Bertz CT molecular complexity index is 1310. The van der Waals surface area contributed by atoms with Crippen molar-refractivity contribution in [2.24, 2.45) is 4.40 Å². The highest BCUT2D eigenvalue weighted by Crippen LogP contribution is 2.28. The van der Waals surface area contributed by atoms with Gasteiger partial charge in [0, 0.05) is 3.12 Å². The average Bonchev–Trinajstić information content (AvgIpc) is 2.67. The van der Waals surface area contributed by atoms with E-state index < -0.39 is 43.2 Å². The molecule has 29 heavy (non-hydrogen) atoms. The fraction of sp³-hybridized carbons (Fsp3) is 0. The van der Waals surface area contributed by atoms with Crippen molar-refractivity contribution in [1.82, 2.24) is 3.12 Å². The minimum absolute atomic E-state index is 0.0271. The topological polar surface area (TPSA) is 183 Å². The van der Waals surface area contributed by atoms with Gasteiger partial charge in [-0.2, -0.15) is 18.9 Å². The zero-order valence-electron chi connectivity index (χ0n) is 14.0. The van der Waals surface area contributed by atoms with Crippen LogP contribution >= 0.6 is 0 Å². The van der Waals surface area contributed by atoms with Crippen LogP contribution in [0.25, 0.3) is 0 Å². The number of benzene rings is 2. The van der Waals surface area contributed by atoms with Crippen molar-refractivity contribution in [2.45, 2.75) is 9.79 Å². The molecule has 2 rings (SSSR count). The van der Waals surface area contributed by atoms with Crippen LogP contribution in [0.1, 0.15) is 11.1 Å². The van der Waals surface area contributed by atoms with Crippen molar-refractivity contribution in [3.05, 3.63) is 59.7 Å². The number of hydrogen-bond acceptors (Lipinski definition) is 9. The molecule has 2 aromatic rings. The highest BCUT2D eigenvalue weighted by molar-refractivity contribution is 8.17. The monoisotopic (exact) mass is 452 g/mol. The number of rotatable bonds is 6. The van der Waals surface area contributed by atoms with Crippen LogP contribution in [-0.4, -0.2) is 34.4 Å². The van der Waals surface area contributed by atoms with Gasteiger partial charge in [-0.15, -0.1) is 0 Å². The lowest BCUT2D eigenvalue weighted by Gasteiger charge is -2.18. The Morgan fingerprint density at radius 2 is 1.03 bits per heavy atom. The zero-order valence-corrected chi connectivity index (χ0v) is 16.4. The summed E-state index contributed by atoms with van der Waals surface area (Å²) in [5.74, 6) is 0. The molecule has 0 saturated heterocycles. The van der Waals surface area contributed by atoms with Gasteiger partial charge in [-0.25, -0.2) is 21.6 Å². The van der Waals surface area contributed by atoms with Gasteiger partial charge in [-0.1, -0.05) is 4.40 Å².